The van der Waals surface area contributed by atoms with Gasteiger partial charge in [-0.2, -0.15) is 0 Å². The second kappa shape index (κ2) is 8.47. The molecule has 0 fully saturated rings. The molecule has 1 atom stereocenters. The van der Waals surface area contributed by atoms with E-state index in [-0.39, 0.29) is 24.5 Å². The number of rotatable bonds is 6. The maximum atomic E-state index is 12.4. The van der Waals surface area contributed by atoms with Crippen LogP contribution in [0, 0.1) is 0 Å². The lowest BCUT2D eigenvalue weighted by molar-refractivity contribution is -0.115. The molecule has 1 heterocycles. The van der Waals surface area contributed by atoms with Crippen LogP contribution < -0.4 is 10.6 Å². The molecule has 0 radical (unpaired) electrons. The van der Waals surface area contributed by atoms with E-state index in [1.807, 2.05) is 37.3 Å². The molecule has 1 aliphatic carbocycles. The van der Waals surface area contributed by atoms with Crippen LogP contribution in [0.25, 0.3) is 0 Å². The molecule has 0 saturated carbocycles. The highest BCUT2D eigenvalue weighted by Gasteiger charge is 2.26. The largest absolute Gasteiger partial charge is 0.465 e. The third-order valence-corrected chi connectivity index (χ3v) is 5.89. The molecule has 2 aromatic rings. The first-order valence-corrected chi connectivity index (χ1v) is 9.72. The fraction of sp³-hybridized carbons (Fsp3) is 0.400. The fourth-order valence-corrected chi connectivity index (χ4v) is 4.54. The molecule has 0 unspecified atom stereocenters. The van der Waals surface area contributed by atoms with Gasteiger partial charge in [0, 0.05) is 10.9 Å². The molecule has 3 rings (SSSR count). The number of anilines is 1. The van der Waals surface area contributed by atoms with Crippen molar-refractivity contribution in [3.63, 3.8) is 0 Å². The first kappa shape index (κ1) is 18.6. The van der Waals surface area contributed by atoms with Gasteiger partial charge in [-0.1, -0.05) is 30.3 Å². The van der Waals surface area contributed by atoms with Crippen LogP contribution in [-0.4, -0.2) is 25.5 Å². The Kier molecular flexibility index (Phi) is 6.06. The first-order valence-electron chi connectivity index (χ1n) is 8.91. The van der Waals surface area contributed by atoms with Crippen LogP contribution in [-0.2, 0) is 22.4 Å². The maximum absolute atomic E-state index is 12.4. The maximum Gasteiger partial charge on any atom is 0.341 e. The minimum absolute atomic E-state index is 0.0681. The average Bonchev–Trinajstić information content (AvgIpc) is 3.03. The lowest BCUT2D eigenvalue weighted by Crippen LogP contribution is -2.30. The molecule has 6 heteroatoms. The van der Waals surface area contributed by atoms with Gasteiger partial charge in [-0.05, 0) is 43.7 Å². The van der Waals surface area contributed by atoms with Crippen molar-refractivity contribution in [2.45, 2.75) is 38.6 Å². The van der Waals surface area contributed by atoms with Crippen LogP contribution in [0.4, 0.5) is 5.00 Å². The topological polar surface area (TPSA) is 67.4 Å². The summed E-state index contributed by atoms with van der Waals surface area (Å²) in [4.78, 5) is 25.8. The van der Waals surface area contributed by atoms with Crippen molar-refractivity contribution in [3.05, 3.63) is 51.9 Å². The summed E-state index contributed by atoms with van der Waals surface area (Å²) in [7, 11) is 1.38. The van der Waals surface area contributed by atoms with Crippen LogP contribution >= 0.6 is 11.3 Å². The molecule has 0 spiro atoms. The highest BCUT2D eigenvalue weighted by atomic mass is 32.1. The number of thiophene rings is 1. The number of hydrogen-bond donors (Lipinski definition) is 2. The summed E-state index contributed by atoms with van der Waals surface area (Å²) in [6.07, 6.45) is 4.02. The Bertz CT molecular complexity index is 786. The summed E-state index contributed by atoms with van der Waals surface area (Å²) in [6.45, 7) is 2.20. The summed E-state index contributed by atoms with van der Waals surface area (Å²) in [5, 5.41) is 6.74. The zero-order valence-electron chi connectivity index (χ0n) is 15.1. The van der Waals surface area contributed by atoms with Gasteiger partial charge >= 0.3 is 5.97 Å². The van der Waals surface area contributed by atoms with Crippen LogP contribution in [0.3, 0.4) is 0 Å². The lowest BCUT2D eigenvalue weighted by atomic mass is 9.95. The number of esters is 1. The Morgan fingerprint density at radius 1 is 1.19 bits per heavy atom. The molecule has 0 bridgehead atoms. The summed E-state index contributed by atoms with van der Waals surface area (Å²) in [5.74, 6) is -0.526. The lowest BCUT2D eigenvalue weighted by Gasteiger charge is -2.14. The molecule has 0 aliphatic heterocycles. The van der Waals surface area contributed by atoms with Gasteiger partial charge in [0.15, 0.2) is 0 Å². The van der Waals surface area contributed by atoms with Crippen molar-refractivity contribution in [2.24, 2.45) is 0 Å². The SMILES string of the molecule is COC(=O)c1c(NC(=O)CN[C@H](C)c2ccccc2)sc2c1CCCC2. The van der Waals surface area contributed by atoms with E-state index in [9.17, 15) is 9.59 Å². The molecule has 1 amide bonds. The number of methoxy groups -OCH3 is 1. The number of benzene rings is 1. The zero-order chi connectivity index (χ0) is 18.5. The highest BCUT2D eigenvalue weighted by molar-refractivity contribution is 7.17. The summed E-state index contributed by atoms with van der Waals surface area (Å²) >= 11 is 1.50. The monoisotopic (exact) mass is 372 g/mol. The van der Waals surface area contributed by atoms with E-state index in [2.05, 4.69) is 10.6 Å². The van der Waals surface area contributed by atoms with E-state index >= 15 is 0 Å². The Morgan fingerprint density at radius 3 is 2.65 bits per heavy atom. The van der Waals surface area contributed by atoms with E-state index in [0.717, 1.165) is 36.8 Å². The van der Waals surface area contributed by atoms with Crippen molar-refractivity contribution < 1.29 is 14.3 Å². The molecule has 1 aromatic carbocycles. The van der Waals surface area contributed by atoms with Crippen LogP contribution in [0.5, 0.6) is 0 Å². The molecule has 138 valence electrons. The van der Waals surface area contributed by atoms with E-state index < -0.39 is 0 Å². The van der Waals surface area contributed by atoms with Gasteiger partial charge in [0.05, 0.1) is 19.2 Å². The molecular weight excluding hydrogens is 348 g/mol. The van der Waals surface area contributed by atoms with E-state index in [0.29, 0.717) is 10.6 Å². The van der Waals surface area contributed by atoms with Crippen molar-refractivity contribution in [3.8, 4) is 0 Å². The Morgan fingerprint density at radius 2 is 1.92 bits per heavy atom. The predicted octanol–water partition coefficient (Wildman–Crippen LogP) is 3.70. The summed E-state index contributed by atoms with van der Waals surface area (Å²) < 4.78 is 4.94. The Balaban J connectivity index is 1.67. The second-order valence-electron chi connectivity index (χ2n) is 6.47. The smallest absolute Gasteiger partial charge is 0.341 e. The normalized spacial score (nSPS) is 14.4. The predicted molar refractivity (Wildman–Crippen MR) is 104 cm³/mol. The number of nitrogens with one attached hydrogen (secondary N) is 2. The minimum Gasteiger partial charge on any atom is -0.465 e. The van der Waals surface area contributed by atoms with Crippen LogP contribution in [0.2, 0.25) is 0 Å². The molecule has 1 aromatic heterocycles. The van der Waals surface area contributed by atoms with Crippen LogP contribution in [0.15, 0.2) is 30.3 Å². The van der Waals surface area contributed by atoms with Crippen LogP contribution in [0.1, 0.15) is 52.2 Å². The number of hydrogen-bond acceptors (Lipinski definition) is 5. The van der Waals surface area contributed by atoms with Crippen molar-refractivity contribution in [2.75, 3.05) is 19.0 Å². The molecular formula is C20H24N2O3S. The minimum atomic E-state index is -0.370. The van der Waals surface area contributed by atoms with Crippen molar-refractivity contribution >= 4 is 28.2 Å². The Labute approximate surface area is 157 Å². The van der Waals surface area contributed by atoms with Gasteiger partial charge in [-0.3, -0.25) is 4.79 Å². The Hall–Kier alpha value is -2.18. The standard InChI is InChI=1S/C20H24N2O3S/c1-13(14-8-4-3-5-9-14)21-12-17(23)22-19-18(20(24)25-2)15-10-6-7-11-16(15)26-19/h3-5,8-9,13,21H,6-7,10-12H2,1-2H3,(H,22,23)/t13-/m1/s1. The highest BCUT2D eigenvalue weighted by Crippen LogP contribution is 2.38. The summed E-state index contributed by atoms with van der Waals surface area (Å²) in [6, 6.07) is 10.0. The van der Waals surface area contributed by atoms with E-state index in [1.165, 1.54) is 23.3 Å². The summed E-state index contributed by atoms with van der Waals surface area (Å²) in [5.41, 5.74) is 2.72. The number of amides is 1. The third-order valence-electron chi connectivity index (χ3n) is 4.68. The van der Waals surface area contributed by atoms with E-state index in [4.69, 9.17) is 4.74 Å². The van der Waals surface area contributed by atoms with Gasteiger partial charge in [-0.25, -0.2) is 4.79 Å². The molecule has 2 N–H and O–H groups in total. The number of carbonyl (C=O) groups is 2. The van der Waals surface area contributed by atoms with Gasteiger partial charge in [0.2, 0.25) is 5.91 Å². The van der Waals surface area contributed by atoms with Gasteiger partial charge in [-0.15, -0.1) is 11.3 Å². The van der Waals surface area contributed by atoms with Crippen molar-refractivity contribution in [1.82, 2.24) is 5.32 Å². The van der Waals surface area contributed by atoms with E-state index in [1.54, 1.807) is 0 Å². The van der Waals surface area contributed by atoms with Crippen molar-refractivity contribution in [1.29, 1.82) is 0 Å². The quantitative estimate of drug-likeness (QED) is 0.759. The van der Waals surface area contributed by atoms with Gasteiger partial charge in [0.1, 0.15) is 5.00 Å². The second-order valence-corrected chi connectivity index (χ2v) is 7.57. The number of aryl methyl sites for hydroxylation is 1. The number of carbonyl (C=O) groups excluding carboxylic acids is 2. The number of ether oxygens (including phenoxy) is 1. The zero-order valence-corrected chi connectivity index (χ0v) is 15.9. The third kappa shape index (κ3) is 4.14. The van der Waals surface area contributed by atoms with Gasteiger partial charge < -0.3 is 15.4 Å². The first-order chi connectivity index (χ1) is 12.6. The molecule has 0 saturated heterocycles. The average molecular weight is 372 g/mol. The van der Waals surface area contributed by atoms with Gasteiger partial charge in [0.25, 0.3) is 0 Å². The fourth-order valence-electron chi connectivity index (χ4n) is 3.25. The molecule has 5 nitrogen and oxygen atoms in total. The molecule has 26 heavy (non-hydrogen) atoms. The number of fused-ring (bicyclic) bond motifs is 1. The molecule has 1 aliphatic rings.